The Kier molecular flexibility index (Phi) is 5.02. The predicted octanol–water partition coefficient (Wildman–Crippen LogP) is 3.29. The minimum Gasteiger partial charge on any atom is -0.369 e. The van der Waals surface area contributed by atoms with E-state index in [0.717, 1.165) is 31.8 Å². The SMILES string of the molecule is CCCC1CCN(c2ccc(N3CCC(=O)NC3=O)cc2F)CC1. The molecule has 0 radical (unpaired) electrons. The molecule has 2 heterocycles. The Hall–Kier alpha value is -2.11. The number of hydrogen-bond acceptors (Lipinski definition) is 3. The van der Waals surface area contributed by atoms with Crippen LogP contribution in [0.3, 0.4) is 0 Å². The third-order valence-corrected chi connectivity index (χ3v) is 4.95. The highest BCUT2D eigenvalue weighted by Gasteiger charge is 2.26. The maximum Gasteiger partial charge on any atom is 0.328 e. The molecule has 0 spiro atoms. The van der Waals surface area contributed by atoms with Crippen LogP contribution < -0.4 is 15.1 Å². The molecule has 0 saturated carbocycles. The van der Waals surface area contributed by atoms with Gasteiger partial charge in [-0.1, -0.05) is 19.8 Å². The average Bonchev–Trinajstić information content (AvgIpc) is 2.56. The Labute approximate surface area is 141 Å². The molecule has 2 aliphatic rings. The van der Waals surface area contributed by atoms with Crippen LogP contribution in [0, 0.1) is 11.7 Å². The minimum atomic E-state index is -0.487. The Morgan fingerprint density at radius 3 is 2.58 bits per heavy atom. The van der Waals surface area contributed by atoms with Crippen molar-refractivity contribution in [2.75, 3.05) is 29.4 Å². The Morgan fingerprint density at radius 2 is 1.96 bits per heavy atom. The summed E-state index contributed by atoms with van der Waals surface area (Å²) in [5.74, 6) is 0.151. The molecule has 2 saturated heterocycles. The van der Waals surface area contributed by atoms with E-state index < -0.39 is 6.03 Å². The lowest BCUT2D eigenvalue weighted by atomic mass is 9.92. The molecule has 0 bridgehead atoms. The monoisotopic (exact) mass is 333 g/mol. The number of carbonyl (C=O) groups is 2. The zero-order chi connectivity index (χ0) is 17.1. The van der Waals surface area contributed by atoms with Gasteiger partial charge in [0.2, 0.25) is 5.91 Å². The first-order valence-electron chi connectivity index (χ1n) is 8.74. The fraction of sp³-hybridized carbons (Fsp3) is 0.556. The molecule has 3 amide bonds. The van der Waals surface area contributed by atoms with E-state index in [1.54, 1.807) is 12.1 Å². The van der Waals surface area contributed by atoms with Gasteiger partial charge in [-0.15, -0.1) is 0 Å². The van der Waals surface area contributed by atoms with Crippen LogP contribution in [-0.2, 0) is 4.79 Å². The first kappa shape index (κ1) is 16.7. The summed E-state index contributed by atoms with van der Waals surface area (Å²) in [4.78, 5) is 26.6. The number of rotatable bonds is 4. The van der Waals surface area contributed by atoms with E-state index in [0.29, 0.717) is 11.4 Å². The number of imide groups is 1. The topological polar surface area (TPSA) is 52.6 Å². The maximum atomic E-state index is 14.6. The van der Waals surface area contributed by atoms with Crippen molar-refractivity contribution in [2.24, 2.45) is 5.92 Å². The predicted molar refractivity (Wildman–Crippen MR) is 91.7 cm³/mol. The second kappa shape index (κ2) is 7.20. The van der Waals surface area contributed by atoms with Crippen LogP contribution in [0.1, 0.15) is 39.0 Å². The van der Waals surface area contributed by atoms with E-state index in [1.165, 1.54) is 23.8 Å². The molecule has 0 atom stereocenters. The van der Waals surface area contributed by atoms with Crippen molar-refractivity contribution in [3.63, 3.8) is 0 Å². The molecule has 1 N–H and O–H groups in total. The molecule has 0 aromatic heterocycles. The number of nitrogens with one attached hydrogen (secondary N) is 1. The maximum absolute atomic E-state index is 14.6. The molecule has 1 aromatic carbocycles. The highest BCUT2D eigenvalue weighted by atomic mass is 19.1. The molecule has 5 nitrogen and oxygen atoms in total. The van der Waals surface area contributed by atoms with Crippen LogP contribution in [0.25, 0.3) is 0 Å². The number of anilines is 2. The zero-order valence-corrected chi connectivity index (χ0v) is 14.1. The molecule has 0 unspecified atom stereocenters. The van der Waals surface area contributed by atoms with Crippen LogP contribution in [0.2, 0.25) is 0 Å². The summed E-state index contributed by atoms with van der Waals surface area (Å²) in [6.07, 6.45) is 4.89. The van der Waals surface area contributed by atoms with Gasteiger partial charge in [0.15, 0.2) is 0 Å². The standard InChI is InChI=1S/C18H24FN3O2/c1-2-3-13-6-9-21(10-7-13)16-5-4-14(12-15(16)19)22-11-8-17(23)20-18(22)24/h4-5,12-13H,2-3,6-11H2,1H3,(H,20,23,24). The molecule has 2 aliphatic heterocycles. The van der Waals surface area contributed by atoms with E-state index >= 15 is 0 Å². The van der Waals surface area contributed by atoms with Crippen molar-refractivity contribution < 1.29 is 14.0 Å². The Morgan fingerprint density at radius 1 is 1.21 bits per heavy atom. The van der Waals surface area contributed by atoms with Crippen LogP contribution in [0.15, 0.2) is 18.2 Å². The fourth-order valence-corrected chi connectivity index (χ4v) is 3.60. The first-order chi connectivity index (χ1) is 11.6. The number of nitrogens with zero attached hydrogens (tertiary/aromatic N) is 2. The zero-order valence-electron chi connectivity index (χ0n) is 14.1. The van der Waals surface area contributed by atoms with Crippen LogP contribution in [0.5, 0.6) is 0 Å². The third-order valence-electron chi connectivity index (χ3n) is 4.95. The van der Waals surface area contributed by atoms with Crippen molar-refractivity contribution in [3.8, 4) is 0 Å². The van der Waals surface area contributed by atoms with Crippen LogP contribution in [-0.4, -0.2) is 31.6 Å². The van der Waals surface area contributed by atoms with Gasteiger partial charge in [-0.2, -0.15) is 0 Å². The summed E-state index contributed by atoms with van der Waals surface area (Å²) < 4.78 is 14.6. The van der Waals surface area contributed by atoms with Crippen LogP contribution >= 0.6 is 0 Å². The lowest BCUT2D eigenvalue weighted by Crippen LogP contribution is -2.49. The average molecular weight is 333 g/mol. The van der Waals surface area contributed by atoms with Gasteiger partial charge in [-0.05, 0) is 37.0 Å². The summed E-state index contributed by atoms with van der Waals surface area (Å²) in [6.45, 7) is 4.24. The number of urea groups is 1. The fourth-order valence-electron chi connectivity index (χ4n) is 3.60. The summed E-state index contributed by atoms with van der Waals surface area (Å²) in [5, 5.41) is 2.26. The molecule has 2 fully saturated rings. The van der Waals surface area contributed by atoms with Gasteiger partial charge in [0, 0.05) is 31.7 Å². The molecular weight excluding hydrogens is 309 g/mol. The van der Waals surface area contributed by atoms with E-state index in [4.69, 9.17) is 0 Å². The van der Waals surface area contributed by atoms with Crippen molar-refractivity contribution >= 4 is 23.3 Å². The summed E-state index contributed by atoms with van der Waals surface area (Å²) in [7, 11) is 0. The number of benzene rings is 1. The first-order valence-corrected chi connectivity index (χ1v) is 8.74. The molecule has 0 aliphatic carbocycles. The number of amides is 3. The van der Waals surface area contributed by atoms with Gasteiger partial charge < -0.3 is 4.90 Å². The van der Waals surface area contributed by atoms with Crippen molar-refractivity contribution in [1.82, 2.24) is 5.32 Å². The van der Waals surface area contributed by atoms with E-state index in [2.05, 4.69) is 17.1 Å². The second-order valence-electron chi connectivity index (χ2n) is 6.61. The number of piperidine rings is 1. The molecule has 3 rings (SSSR count). The summed E-state index contributed by atoms with van der Waals surface area (Å²) >= 11 is 0. The lowest BCUT2D eigenvalue weighted by molar-refractivity contribution is -0.120. The van der Waals surface area contributed by atoms with Crippen LogP contribution in [0.4, 0.5) is 20.6 Å². The van der Waals surface area contributed by atoms with Gasteiger partial charge >= 0.3 is 6.03 Å². The largest absolute Gasteiger partial charge is 0.369 e. The van der Waals surface area contributed by atoms with Gasteiger partial charge in [0.1, 0.15) is 5.82 Å². The summed E-state index contributed by atoms with van der Waals surface area (Å²) in [6, 6.07) is 4.40. The molecule has 130 valence electrons. The van der Waals surface area contributed by atoms with Crippen molar-refractivity contribution in [2.45, 2.75) is 39.0 Å². The Bertz CT molecular complexity index is 627. The highest BCUT2D eigenvalue weighted by Crippen LogP contribution is 2.30. The minimum absolute atomic E-state index is 0.236. The smallest absolute Gasteiger partial charge is 0.328 e. The molecule has 24 heavy (non-hydrogen) atoms. The third kappa shape index (κ3) is 3.52. The lowest BCUT2D eigenvalue weighted by Gasteiger charge is -2.34. The molecule has 6 heteroatoms. The van der Waals surface area contributed by atoms with E-state index in [1.807, 2.05) is 0 Å². The number of halogens is 1. The van der Waals surface area contributed by atoms with Gasteiger partial charge in [-0.3, -0.25) is 15.0 Å². The summed E-state index contributed by atoms with van der Waals surface area (Å²) in [5.41, 5.74) is 1.09. The van der Waals surface area contributed by atoms with Crippen molar-refractivity contribution in [3.05, 3.63) is 24.0 Å². The second-order valence-corrected chi connectivity index (χ2v) is 6.61. The van der Waals surface area contributed by atoms with E-state index in [9.17, 15) is 14.0 Å². The van der Waals surface area contributed by atoms with Crippen molar-refractivity contribution in [1.29, 1.82) is 0 Å². The Balaban J connectivity index is 1.69. The van der Waals surface area contributed by atoms with E-state index in [-0.39, 0.29) is 24.7 Å². The quantitative estimate of drug-likeness (QED) is 0.920. The van der Waals surface area contributed by atoms with Gasteiger partial charge in [0.05, 0.1) is 5.69 Å². The number of carbonyl (C=O) groups excluding carboxylic acids is 2. The number of hydrogen-bond donors (Lipinski definition) is 1. The van der Waals surface area contributed by atoms with Gasteiger partial charge in [-0.25, -0.2) is 9.18 Å². The molecule has 1 aromatic rings. The molecular formula is C18H24FN3O2. The normalized spacial score (nSPS) is 19.6. The highest BCUT2D eigenvalue weighted by molar-refractivity contribution is 6.05. The van der Waals surface area contributed by atoms with Gasteiger partial charge in [0.25, 0.3) is 0 Å².